The number of benzene rings is 4. The van der Waals surface area contributed by atoms with Crippen LogP contribution in [0.3, 0.4) is 0 Å². The summed E-state index contributed by atoms with van der Waals surface area (Å²) in [5.74, 6) is 0.712. The summed E-state index contributed by atoms with van der Waals surface area (Å²) < 4.78 is 10.9. The molecule has 71 heavy (non-hydrogen) atoms. The first-order chi connectivity index (χ1) is 33.5. The molecule has 2 aliphatic heterocycles. The Kier molecular flexibility index (Phi) is 17.4. The van der Waals surface area contributed by atoms with Gasteiger partial charge < -0.3 is 45.4 Å². The van der Waals surface area contributed by atoms with Crippen LogP contribution in [-0.2, 0) is 31.9 Å². The number of morpholine rings is 2. The molecule has 1 amide bonds. The van der Waals surface area contributed by atoms with Crippen LogP contribution in [0, 0.1) is 20.2 Å². The number of H-pyrrole nitrogens is 2. The number of nitrogens with two attached hydrogens (primary N) is 1. The van der Waals surface area contributed by atoms with Gasteiger partial charge in [0.1, 0.15) is 35.6 Å². The minimum absolute atomic E-state index is 0. The first kappa shape index (κ1) is 51.6. The number of anilines is 4. The van der Waals surface area contributed by atoms with E-state index in [1.165, 1.54) is 36.4 Å². The molecule has 6 N–H and O–H groups in total. The second-order valence-electron chi connectivity index (χ2n) is 15.8. The fraction of sp³-hybridized carbons (Fsp3) is 0.240. The van der Waals surface area contributed by atoms with E-state index in [1.54, 1.807) is 24.8 Å². The van der Waals surface area contributed by atoms with Gasteiger partial charge in [-0.25, -0.2) is 19.9 Å². The maximum atomic E-state index is 12.4. The van der Waals surface area contributed by atoms with Crippen LogP contribution in [0.25, 0.3) is 44.6 Å². The maximum Gasteiger partial charge on any atom is 0.307 e. The second-order valence-corrected chi connectivity index (χ2v) is 15.8. The van der Waals surface area contributed by atoms with E-state index in [9.17, 15) is 29.8 Å². The molecule has 8 aromatic rings. The Bertz CT molecular complexity index is 3060. The van der Waals surface area contributed by atoms with E-state index in [2.05, 4.69) is 51.1 Å². The number of nitro groups is 2. The van der Waals surface area contributed by atoms with Crippen LogP contribution >= 0.6 is 0 Å². The predicted molar refractivity (Wildman–Crippen MR) is 272 cm³/mol. The van der Waals surface area contributed by atoms with Crippen LogP contribution in [-0.4, -0.2) is 109 Å². The molecule has 368 valence electrons. The van der Waals surface area contributed by atoms with E-state index in [0.29, 0.717) is 30.0 Å². The molecule has 0 aliphatic carbocycles. The van der Waals surface area contributed by atoms with E-state index >= 15 is 0 Å². The van der Waals surface area contributed by atoms with Crippen molar-refractivity contribution >= 4 is 68.3 Å². The van der Waals surface area contributed by atoms with Crippen molar-refractivity contribution in [1.29, 1.82) is 0 Å². The summed E-state index contributed by atoms with van der Waals surface area (Å²) in [6.45, 7) is 6.13. The summed E-state index contributed by atoms with van der Waals surface area (Å²) in [5.41, 5.74) is 14.0. The number of ether oxygens (including phenoxy) is 2. The Labute approximate surface area is 408 Å². The number of carbonyl (C=O) groups is 2. The summed E-state index contributed by atoms with van der Waals surface area (Å²) in [6.07, 6.45) is 3.19. The van der Waals surface area contributed by atoms with Crippen LogP contribution in [0.15, 0.2) is 122 Å². The zero-order valence-electron chi connectivity index (χ0n) is 37.0. The highest BCUT2D eigenvalue weighted by Gasteiger charge is 2.19. The van der Waals surface area contributed by atoms with Crippen LogP contribution in [0.5, 0.6) is 0 Å². The second kappa shape index (κ2) is 24.0. The molecule has 0 bridgehead atoms. The van der Waals surface area contributed by atoms with Crippen molar-refractivity contribution in [1.82, 2.24) is 29.9 Å². The zero-order chi connectivity index (χ0) is 48.3. The number of aromatic nitrogens is 6. The third kappa shape index (κ3) is 13.2. The van der Waals surface area contributed by atoms with Crippen LogP contribution in [0.4, 0.5) is 34.4 Å². The van der Waals surface area contributed by atoms with E-state index in [1.807, 2.05) is 54.6 Å². The number of hydrogen-bond acceptors (Lipinski definition) is 15. The lowest BCUT2D eigenvalue weighted by atomic mass is 10.1. The number of nitro benzene ring substituents is 2. The third-order valence-electron chi connectivity index (χ3n) is 11.1. The van der Waals surface area contributed by atoms with Gasteiger partial charge in [0, 0.05) is 73.2 Å². The Morgan fingerprint density at radius 1 is 0.620 bits per heavy atom. The molecule has 10 rings (SSSR count). The molecule has 6 heterocycles. The van der Waals surface area contributed by atoms with E-state index in [0.717, 1.165) is 101 Å². The molecule has 4 aromatic heterocycles. The van der Waals surface area contributed by atoms with Crippen molar-refractivity contribution in [3.05, 3.63) is 153 Å². The zero-order valence-corrected chi connectivity index (χ0v) is 37.0. The van der Waals surface area contributed by atoms with Crippen LogP contribution in [0.1, 0.15) is 26.0 Å². The van der Waals surface area contributed by atoms with Gasteiger partial charge in [-0.3, -0.25) is 29.8 Å². The number of aromatic amines is 2. The van der Waals surface area contributed by atoms with Crippen LogP contribution in [0.2, 0.25) is 0 Å². The van der Waals surface area contributed by atoms with Gasteiger partial charge in [-0.2, -0.15) is 0 Å². The molecule has 0 radical (unpaired) electrons. The van der Waals surface area contributed by atoms with Gasteiger partial charge in [-0.05, 0) is 58.7 Å². The van der Waals surface area contributed by atoms with Gasteiger partial charge in [-0.15, -0.1) is 0 Å². The first-order valence-electron chi connectivity index (χ1n) is 21.7. The molecule has 0 spiro atoms. The molecule has 0 atom stereocenters. The first-order valence-corrected chi connectivity index (χ1v) is 21.7. The summed E-state index contributed by atoms with van der Waals surface area (Å²) in [5, 5.41) is 34.2. The predicted octanol–water partition coefficient (Wildman–Crippen LogP) is 8.09. The van der Waals surface area contributed by atoms with Crippen molar-refractivity contribution in [2.24, 2.45) is 0 Å². The molecule has 2 saturated heterocycles. The van der Waals surface area contributed by atoms with Gasteiger partial charge in [0.05, 0.1) is 59.9 Å². The number of nitrogen functional groups attached to an aromatic ring is 1. The lowest BCUT2D eigenvalue weighted by Gasteiger charge is -2.27. The quantitative estimate of drug-likeness (QED) is 0.0465. The fourth-order valence-electron chi connectivity index (χ4n) is 7.65. The number of rotatable bonds is 11. The normalized spacial score (nSPS) is 13.1. The minimum atomic E-state index is -0.950. The SMILES string of the molecule is C.C.Nc1ccc(-c2cc3c(N4CCOCC4)ncnc3[nH]2)cc1.O=C(Cc1ccc([N+](=O)[O-])cc1)Nc1ccc(-c2cc3c(N4CCOCC4)ncnc3[nH]2)cc1.O=C(O)Cc1ccc([N+](=O)[O-])cc1. The topological polar surface area (TPSA) is 287 Å². The highest BCUT2D eigenvalue weighted by molar-refractivity contribution is 5.94. The average Bonchev–Trinajstić information content (AvgIpc) is 4.01. The van der Waals surface area contributed by atoms with Crippen molar-refractivity contribution in [2.75, 3.05) is 73.5 Å². The molecule has 4 aromatic carbocycles. The Balaban J connectivity index is 0.000000191. The smallest absolute Gasteiger partial charge is 0.307 e. The number of amides is 1. The lowest BCUT2D eigenvalue weighted by molar-refractivity contribution is -0.385. The summed E-state index contributed by atoms with van der Waals surface area (Å²) in [4.78, 5) is 71.5. The van der Waals surface area contributed by atoms with Gasteiger partial charge in [0.2, 0.25) is 5.91 Å². The molecule has 2 aliphatic rings. The number of nitrogens with one attached hydrogen (secondary N) is 3. The Morgan fingerprint density at radius 2 is 1.03 bits per heavy atom. The standard InChI is InChI=1S/C24H22N6O4.C16H17N5O.C8H7NO4.2CH4/c31-22(13-16-1-7-19(8-2-16)30(32)33)27-18-5-3-17(4-6-18)21-14-20-23(28-21)25-15-26-24(20)29-9-11-34-12-10-29;17-12-3-1-11(2-4-12)14-9-13-15(20-14)18-10-19-16(13)21-5-7-22-8-6-21;10-8(11)5-6-1-3-7(4-2-6)9(12)13;;/h1-8,14-15H,9-13H2,(H,27,31)(H,25,26,28);1-4,9-10H,5-8,17H2,(H,18,19,20);1-4H,5H2,(H,10,11);2*1H4. The number of fused-ring (bicyclic) bond motifs is 2. The van der Waals surface area contributed by atoms with Crippen molar-refractivity contribution < 1.29 is 34.0 Å². The van der Waals surface area contributed by atoms with E-state index < -0.39 is 15.8 Å². The molecular weight excluding hydrogens is 913 g/mol. The number of carbonyl (C=O) groups excluding carboxylic acids is 1. The van der Waals surface area contributed by atoms with E-state index in [4.69, 9.17) is 20.3 Å². The lowest BCUT2D eigenvalue weighted by Crippen LogP contribution is -2.36. The molecule has 2 fully saturated rings. The third-order valence-corrected chi connectivity index (χ3v) is 11.1. The number of carboxylic acid groups (broad SMARTS) is 1. The van der Waals surface area contributed by atoms with Gasteiger partial charge in [0.15, 0.2) is 0 Å². The Hall–Kier alpha value is -8.82. The molecule has 0 unspecified atom stereocenters. The van der Waals surface area contributed by atoms with Gasteiger partial charge in [0.25, 0.3) is 11.4 Å². The average molecular weight is 967 g/mol. The molecule has 21 nitrogen and oxygen atoms in total. The number of aliphatic carboxylic acids is 1. The van der Waals surface area contributed by atoms with Crippen molar-refractivity contribution in [3.63, 3.8) is 0 Å². The monoisotopic (exact) mass is 966 g/mol. The van der Waals surface area contributed by atoms with Crippen molar-refractivity contribution in [2.45, 2.75) is 27.7 Å². The van der Waals surface area contributed by atoms with Crippen molar-refractivity contribution in [3.8, 4) is 22.5 Å². The van der Waals surface area contributed by atoms with Gasteiger partial charge in [-0.1, -0.05) is 63.4 Å². The number of non-ortho nitro benzene ring substituents is 2. The summed E-state index contributed by atoms with van der Waals surface area (Å²) in [6, 6.07) is 30.9. The van der Waals surface area contributed by atoms with Crippen LogP contribution < -0.4 is 20.9 Å². The minimum Gasteiger partial charge on any atom is -0.481 e. The largest absolute Gasteiger partial charge is 0.481 e. The highest BCUT2D eigenvalue weighted by Crippen LogP contribution is 2.31. The summed E-state index contributed by atoms with van der Waals surface area (Å²) >= 11 is 0. The van der Waals surface area contributed by atoms with E-state index in [-0.39, 0.29) is 45.0 Å². The number of carboxylic acids is 1. The molecule has 21 heteroatoms. The molecular formula is C50H54N12O9. The fourth-order valence-corrected chi connectivity index (χ4v) is 7.65. The Morgan fingerprint density at radius 3 is 1.44 bits per heavy atom. The summed E-state index contributed by atoms with van der Waals surface area (Å²) in [7, 11) is 0. The highest BCUT2D eigenvalue weighted by atomic mass is 16.6. The number of hydrogen-bond donors (Lipinski definition) is 5. The molecule has 0 saturated carbocycles. The van der Waals surface area contributed by atoms with Gasteiger partial charge >= 0.3 is 5.97 Å². The maximum absolute atomic E-state index is 12.4. The number of nitrogens with zero attached hydrogens (tertiary/aromatic N) is 8.